The molecule has 0 radical (unpaired) electrons. The third kappa shape index (κ3) is 5.04. The summed E-state index contributed by atoms with van der Waals surface area (Å²) >= 11 is 0. The Morgan fingerprint density at radius 2 is 1.68 bits per heavy atom. The average Bonchev–Trinajstić information content (AvgIpc) is 2.61. The zero-order valence-corrected chi connectivity index (χ0v) is 14.9. The number of amides is 2. The lowest BCUT2D eigenvalue weighted by atomic mass is 10.2. The predicted molar refractivity (Wildman–Crippen MR) is 105 cm³/mol. The van der Waals surface area contributed by atoms with Gasteiger partial charge in [0.05, 0.1) is 5.69 Å². The van der Waals surface area contributed by atoms with E-state index in [2.05, 4.69) is 20.9 Å². The number of aromatic nitrogens is 1. The summed E-state index contributed by atoms with van der Waals surface area (Å²) in [5, 5.41) is 16.7. The van der Waals surface area contributed by atoms with Crippen LogP contribution in [0.15, 0.2) is 60.7 Å². The number of anilines is 4. The molecule has 8 heteroatoms. The number of halogens is 1. The molecule has 0 aliphatic rings. The lowest BCUT2D eigenvalue weighted by Crippen LogP contribution is -2.16. The van der Waals surface area contributed by atoms with Crippen LogP contribution in [0.5, 0.6) is 0 Å². The van der Waals surface area contributed by atoms with Crippen LogP contribution in [0.4, 0.5) is 32.1 Å². The largest absolute Gasteiger partial charge is 0.465 e. The van der Waals surface area contributed by atoms with Gasteiger partial charge in [-0.25, -0.2) is 14.2 Å². The molecule has 3 rings (SSSR count). The first-order valence-electron chi connectivity index (χ1n) is 8.32. The van der Waals surface area contributed by atoms with Crippen molar-refractivity contribution in [1.82, 2.24) is 4.98 Å². The summed E-state index contributed by atoms with van der Waals surface area (Å²) in [5.74, 6) is -0.768. The fraction of sp³-hybridized carbons (Fsp3) is 0.0500. The van der Waals surface area contributed by atoms with Gasteiger partial charge in [-0.1, -0.05) is 18.2 Å². The maximum atomic E-state index is 13.4. The third-order valence-electron chi connectivity index (χ3n) is 3.68. The molecule has 1 aromatic heterocycles. The molecule has 0 bridgehead atoms. The minimum Gasteiger partial charge on any atom is -0.465 e. The molecule has 3 aromatic rings. The van der Waals surface area contributed by atoms with E-state index in [1.54, 1.807) is 24.3 Å². The zero-order chi connectivity index (χ0) is 20.1. The highest BCUT2D eigenvalue weighted by molar-refractivity contribution is 6.04. The van der Waals surface area contributed by atoms with Gasteiger partial charge < -0.3 is 15.7 Å². The number of aryl methyl sites for hydroxylation is 1. The average molecular weight is 380 g/mol. The number of hydrogen-bond acceptors (Lipinski definition) is 4. The van der Waals surface area contributed by atoms with Crippen molar-refractivity contribution in [1.29, 1.82) is 0 Å². The van der Waals surface area contributed by atoms with Crippen molar-refractivity contribution in [2.45, 2.75) is 6.92 Å². The number of nitrogens with one attached hydrogen (secondary N) is 3. The monoisotopic (exact) mass is 380 g/mol. The van der Waals surface area contributed by atoms with Crippen molar-refractivity contribution in [2.24, 2.45) is 0 Å². The molecule has 0 aliphatic carbocycles. The molecule has 7 nitrogen and oxygen atoms in total. The van der Waals surface area contributed by atoms with Crippen LogP contribution in [0.1, 0.15) is 16.1 Å². The molecule has 1 heterocycles. The smallest absolute Gasteiger partial charge is 0.409 e. The van der Waals surface area contributed by atoms with E-state index in [0.717, 1.165) is 5.56 Å². The molecule has 4 N–H and O–H groups in total. The highest BCUT2D eigenvalue weighted by Crippen LogP contribution is 2.21. The van der Waals surface area contributed by atoms with Gasteiger partial charge in [-0.05, 0) is 48.9 Å². The predicted octanol–water partition coefficient (Wildman–Crippen LogP) is 4.61. The maximum absolute atomic E-state index is 13.4. The molecule has 0 saturated heterocycles. The van der Waals surface area contributed by atoms with E-state index in [4.69, 9.17) is 5.11 Å². The molecule has 2 aromatic carbocycles. The van der Waals surface area contributed by atoms with Crippen molar-refractivity contribution < 1.29 is 19.1 Å². The van der Waals surface area contributed by atoms with Crippen LogP contribution in [-0.2, 0) is 0 Å². The molecule has 2 amide bonds. The first-order valence-corrected chi connectivity index (χ1v) is 8.32. The highest BCUT2D eigenvalue weighted by atomic mass is 19.1. The molecule has 28 heavy (non-hydrogen) atoms. The topological polar surface area (TPSA) is 103 Å². The van der Waals surface area contributed by atoms with Crippen molar-refractivity contribution in [2.75, 3.05) is 16.0 Å². The summed E-state index contributed by atoms with van der Waals surface area (Å²) in [5.41, 5.74) is 2.11. The lowest BCUT2D eigenvalue weighted by molar-refractivity contribution is 0.102. The van der Waals surface area contributed by atoms with Crippen LogP contribution in [0.3, 0.4) is 0 Å². The summed E-state index contributed by atoms with van der Waals surface area (Å²) in [6, 6.07) is 15.6. The van der Waals surface area contributed by atoms with Gasteiger partial charge in [0, 0.05) is 17.4 Å². The van der Waals surface area contributed by atoms with E-state index in [9.17, 15) is 14.0 Å². The minimum absolute atomic E-state index is 0.00772. The van der Waals surface area contributed by atoms with E-state index in [1.807, 2.05) is 13.0 Å². The van der Waals surface area contributed by atoms with Crippen molar-refractivity contribution in [3.8, 4) is 0 Å². The zero-order valence-electron chi connectivity index (χ0n) is 14.9. The highest BCUT2D eigenvalue weighted by Gasteiger charge is 2.13. The van der Waals surface area contributed by atoms with Crippen LogP contribution >= 0.6 is 0 Å². The van der Waals surface area contributed by atoms with Crippen LogP contribution in [0.2, 0.25) is 0 Å². The Hall–Kier alpha value is -3.94. The number of benzene rings is 2. The van der Waals surface area contributed by atoms with Crippen molar-refractivity contribution in [3.63, 3.8) is 0 Å². The Balaban J connectivity index is 1.90. The van der Waals surface area contributed by atoms with E-state index < -0.39 is 17.8 Å². The number of nitrogens with zero attached hydrogens (tertiary/aromatic N) is 1. The van der Waals surface area contributed by atoms with Gasteiger partial charge in [0.1, 0.15) is 17.3 Å². The molecular weight excluding hydrogens is 363 g/mol. The molecule has 0 fully saturated rings. The molecule has 0 unspecified atom stereocenters. The Labute approximate surface area is 160 Å². The summed E-state index contributed by atoms with van der Waals surface area (Å²) in [6.45, 7) is 1.90. The van der Waals surface area contributed by atoms with Crippen LogP contribution in [0.25, 0.3) is 0 Å². The normalized spacial score (nSPS) is 10.2. The Morgan fingerprint density at radius 3 is 2.39 bits per heavy atom. The lowest BCUT2D eigenvalue weighted by Gasteiger charge is -2.11. The molecule has 0 spiro atoms. The van der Waals surface area contributed by atoms with Gasteiger partial charge in [0.2, 0.25) is 0 Å². The van der Waals surface area contributed by atoms with Gasteiger partial charge in [0.25, 0.3) is 5.91 Å². The van der Waals surface area contributed by atoms with Crippen LogP contribution in [-0.4, -0.2) is 22.1 Å². The fourth-order valence-corrected chi connectivity index (χ4v) is 2.54. The van der Waals surface area contributed by atoms with E-state index in [-0.39, 0.29) is 17.2 Å². The molecule has 0 saturated carbocycles. The maximum Gasteiger partial charge on any atom is 0.409 e. The van der Waals surface area contributed by atoms with Gasteiger partial charge in [-0.15, -0.1) is 0 Å². The number of pyridine rings is 1. The number of carbonyl (C=O) groups is 2. The second kappa shape index (κ2) is 8.17. The number of carboxylic acid groups (broad SMARTS) is 1. The Morgan fingerprint density at radius 1 is 0.929 bits per heavy atom. The van der Waals surface area contributed by atoms with Crippen LogP contribution < -0.4 is 16.0 Å². The number of rotatable bonds is 5. The van der Waals surface area contributed by atoms with Gasteiger partial charge in [-0.3, -0.25) is 10.1 Å². The fourth-order valence-electron chi connectivity index (χ4n) is 2.54. The minimum atomic E-state index is -1.28. The Kier molecular flexibility index (Phi) is 5.50. The Bertz CT molecular complexity index is 1040. The molecular formula is C20H17FN4O3. The second-order valence-corrected chi connectivity index (χ2v) is 6.02. The summed E-state index contributed by atoms with van der Waals surface area (Å²) in [4.78, 5) is 27.8. The van der Waals surface area contributed by atoms with E-state index in [1.165, 1.54) is 30.3 Å². The van der Waals surface area contributed by atoms with Crippen molar-refractivity contribution >= 4 is 34.9 Å². The van der Waals surface area contributed by atoms with Crippen LogP contribution in [0, 0.1) is 12.7 Å². The third-order valence-corrected chi connectivity index (χ3v) is 3.68. The standard InChI is InChI=1S/C20H17FN4O3/c1-12-4-2-6-14(8-12)23-19(26)17-10-16(24-20(27)28)11-18(25-17)22-15-7-3-5-13(21)9-15/h2-11H,1H3,(H,23,26)(H,27,28)(H2,22,24,25). The van der Waals surface area contributed by atoms with E-state index in [0.29, 0.717) is 11.4 Å². The quantitative estimate of drug-likeness (QED) is 0.517. The SMILES string of the molecule is Cc1cccc(NC(=O)c2cc(NC(=O)O)cc(Nc3cccc(F)c3)n2)c1. The van der Waals surface area contributed by atoms with Gasteiger partial charge >= 0.3 is 6.09 Å². The summed E-state index contributed by atoms with van der Waals surface area (Å²) in [6.07, 6.45) is -1.28. The summed E-state index contributed by atoms with van der Waals surface area (Å²) < 4.78 is 13.4. The van der Waals surface area contributed by atoms with Gasteiger partial charge in [0.15, 0.2) is 0 Å². The summed E-state index contributed by atoms with van der Waals surface area (Å²) in [7, 11) is 0. The van der Waals surface area contributed by atoms with Crippen molar-refractivity contribution in [3.05, 3.63) is 77.7 Å². The second-order valence-electron chi connectivity index (χ2n) is 6.02. The molecule has 142 valence electrons. The molecule has 0 atom stereocenters. The van der Waals surface area contributed by atoms with E-state index >= 15 is 0 Å². The molecule has 0 aliphatic heterocycles. The number of carbonyl (C=O) groups excluding carboxylic acids is 1. The number of hydrogen-bond donors (Lipinski definition) is 4. The first-order chi connectivity index (χ1) is 13.4. The first kappa shape index (κ1) is 18.8. The van der Waals surface area contributed by atoms with Gasteiger partial charge in [-0.2, -0.15) is 0 Å².